The summed E-state index contributed by atoms with van der Waals surface area (Å²) in [6.45, 7) is 3.41. The topological polar surface area (TPSA) is 89.6 Å². The van der Waals surface area contributed by atoms with Crippen LogP contribution in [0.3, 0.4) is 0 Å². The fourth-order valence-electron chi connectivity index (χ4n) is 5.91. The lowest BCUT2D eigenvalue weighted by atomic mass is 9.92. The van der Waals surface area contributed by atoms with Crippen LogP contribution in [-0.2, 0) is 6.61 Å². The normalized spacial score (nSPS) is 21.1. The van der Waals surface area contributed by atoms with E-state index in [2.05, 4.69) is 80.3 Å². The van der Waals surface area contributed by atoms with Gasteiger partial charge in [0.25, 0.3) is 0 Å². The van der Waals surface area contributed by atoms with Gasteiger partial charge >= 0.3 is 0 Å². The first-order valence-electron chi connectivity index (χ1n) is 13.5. The maximum atomic E-state index is 6.31. The summed E-state index contributed by atoms with van der Waals surface area (Å²) in [4.78, 5) is 15.3. The van der Waals surface area contributed by atoms with Crippen LogP contribution in [0.25, 0.3) is 33.2 Å². The molecule has 0 aliphatic carbocycles. The van der Waals surface area contributed by atoms with E-state index in [-0.39, 0.29) is 0 Å². The third-order valence-electron chi connectivity index (χ3n) is 8.09. The van der Waals surface area contributed by atoms with E-state index in [1.807, 2.05) is 19.5 Å². The fourth-order valence-corrected chi connectivity index (χ4v) is 5.91. The Balaban J connectivity index is 1.21. The molecule has 3 aromatic carbocycles. The predicted molar refractivity (Wildman–Crippen MR) is 153 cm³/mol. The van der Waals surface area contributed by atoms with E-state index >= 15 is 0 Å². The van der Waals surface area contributed by atoms with E-state index in [1.165, 1.54) is 17.5 Å². The lowest BCUT2D eigenvalue weighted by Crippen LogP contribution is -2.27. The van der Waals surface area contributed by atoms with E-state index < -0.39 is 0 Å². The SMILES string of the molecule is CNc1c(N=CC2CNCN2C)ccc2cc3c(cc12)OCc1cc(-c2cnc(C4CCCN4)[nH]2)ccc1-3. The molecule has 4 aromatic rings. The molecule has 3 aliphatic rings. The molecular weight excluding hydrogens is 474 g/mol. The molecule has 0 saturated carbocycles. The molecule has 4 heterocycles. The van der Waals surface area contributed by atoms with Gasteiger partial charge in [-0.1, -0.05) is 18.2 Å². The van der Waals surface area contributed by atoms with Crippen molar-refractivity contribution in [2.75, 3.05) is 39.2 Å². The van der Waals surface area contributed by atoms with Crippen LogP contribution in [0.15, 0.2) is 53.7 Å². The van der Waals surface area contributed by atoms with Crippen LogP contribution in [0, 0.1) is 0 Å². The molecule has 38 heavy (non-hydrogen) atoms. The molecule has 2 atom stereocenters. The maximum absolute atomic E-state index is 6.31. The Labute approximate surface area is 222 Å². The number of likely N-dealkylation sites (N-methyl/N-ethyl adjacent to an activating group) is 1. The van der Waals surface area contributed by atoms with Crippen molar-refractivity contribution in [2.45, 2.75) is 31.5 Å². The molecule has 2 fully saturated rings. The first-order valence-corrected chi connectivity index (χ1v) is 13.5. The lowest BCUT2D eigenvalue weighted by Gasteiger charge is -2.23. The maximum Gasteiger partial charge on any atom is 0.128 e. The monoisotopic (exact) mass is 507 g/mol. The van der Waals surface area contributed by atoms with Crippen LogP contribution in [0.1, 0.15) is 30.3 Å². The van der Waals surface area contributed by atoms with E-state index in [9.17, 15) is 0 Å². The zero-order valence-corrected chi connectivity index (χ0v) is 21.8. The standard InChI is InChI=1S/C30H33N7O/c1-31-29-23-12-28-24(11-18(23)6-8-25(29)34-14-21-13-32-17-37(21)2)22-7-5-19(10-20(22)16-38-28)27-15-35-30(36-27)26-4-3-9-33-26/h5-8,10-12,14-15,21,26,31-33H,3-4,9,13,16-17H2,1-2H3,(H,35,36). The Morgan fingerprint density at radius 3 is 2.92 bits per heavy atom. The summed E-state index contributed by atoms with van der Waals surface area (Å²) < 4.78 is 6.31. The molecule has 0 amide bonds. The summed E-state index contributed by atoms with van der Waals surface area (Å²) in [6.07, 6.45) is 6.32. The van der Waals surface area contributed by atoms with Gasteiger partial charge in [0, 0.05) is 37.4 Å². The molecule has 194 valence electrons. The molecule has 8 nitrogen and oxygen atoms in total. The van der Waals surface area contributed by atoms with Gasteiger partial charge in [0.1, 0.15) is 18.2 Å². The minimum atomic E-state index is 0.302. The number of nitrogens with zero attached hydrogens (tertiary/aromatic N) is 3. The fraction of sp³-hybridized carbons (Fsp3) is 0.333. The highest BCUT2D eigenvalue weighted by atomic mass is 16.5. The van der Waals surface area contributed by atoms with Crippen molar-refractivity contribution in [1.82, 2.24) is 25.5 Å². The van der Waals surface area contributed by atoms with Crippen molar-refractivity contribution in [2.24, 2.45) is 4.99 Å². The number of benzene rings is 3. The summed E-state index contributed by atoms with van der Waals surface area (Å²) >= 11 is 0. The van der Waals surface area contributed by atoms with Crippen molar-refractivity contribution in [1.29, 1.82) is 0 Å². The van der Waals surface area contributed by atoms with Gasteiger partial charge in [0.2, 0.25) is 0 Å². The molecule has 7 rings (SSSR count). The second-order valence-electron chi connectivity index (χ2n) is 10.5. The number of aromatic amines is 1. The molecule has 2 unspecified atom stereocenters. The quantitative estimate of drug-likeness (QED) is 0.290. The van der Waals surface area contributed by atoms with E-state index in [1.54, 1.807) is 0 Å². The van der Waals surface area contributed by atoms with Gasteiger partial charge in [-0.15, -0.1) is 0 Å². The van der Waals surface area contributed by atoms with E-state index in [4.69, 9.17) is 9.73 Å². The number of rotatable bonds is 5. The average Bonchev–Trinajstić information content (AvgIpc) is 3.72. The molecule has 3 aliphatic heterocycles. The second-order valence-corrected chi connectivity index (χ2v) is 10.5. The highest BCUT2D eigenvalue weighted by Gasteiger charge is 2.23. The molecule has 2 saturated heterocycles. The van der Waals surface area contributed by atoms with E-state index in [0.29, 0.717) is 18.7 Å². The number of anilines is 1. The summed E-state index contributed by atoms with van der Waals surface area (Å²) in [7, 11) is 4.07. The van der Waals surface area contributed by atoms with Gasteiger partial charge in [0.15, 0.2) is 0 Å². The van der Waals surface area contributed by atoms with Gasteiger partial charge in [-0.05, 0) is 72.8 Å². The summed E-state index contributed by atoms with van der Waals surface area (Å²) in [5.74, 6) is 1.94. The van der Waals surface area contributed by atoms with E-state index in [0.717, 1.165) is 76.7 Å². The van der Waals surface area contributed by atoms with Gasteiger partial charge in [-0.25, -0.2) is 4.98 Å². The summed E-state index contributed by atoms with van der Waals surface area (Å²) in [5, 5.41) is 12.6. The van der Waals surface area contributed by atoms with Gasteiger partial charge < -0.3 is 25.7 Å². The van der Waals surface area contributed by atoms with Crippen molar-refractivity contribution < 1.29 is 4.74 Å². The largest absolute Gasteiger partial charge is 0.488 e. The molecule has 0 radical (unpaired) electrons. The number of fused-ring (bicyclic) bond motifs is 4. The van der Waals surface area contributed by atoms with Crippen LogP contribution in [0.4, 0.5) is 11.4 Å². The summed E-state index contributed by atoms with van der Waals surface area (Å²) in [5.41, 5.74) is 7.68. The van der Waals surface area contributed by atoms with Gasteiger partial charge in [0.05, 0.1) is 35.3 Å². The average molecular weight is 508 g/mol. The number of hydrogen-bond acceptors (Lipinski definition) is 7. The van der Waals surface area contributed by atoms with Crippen molar-refractivity contribution in [3.8, 4) is 28.1 Å². The van der Waals surface area contributed by atoms with Crippen LogP contribution >= 0.6 is 0 Å². The Hall–Kier alpha value is -3.72. The van der Waals surface area contributed by atoms with Crippen molar-refractivity contribution >= 4 is 28.4 Å². The van der Waals surface area contributed by atoms with Gasteiger partial charge in [-0.3, -0.25) is 9.89 Å². The highest BCUT2D eigenvalue weighted by molar-refractivity contribution is 6.03. The van der Waals surface area contributed by atoms with Crippen LogP contribution in [0.2, 0.25) is 0 Å². The van der Waals surface area contributed by atoms with Crippen LogP contribution < -0.4 is 20.7 Å². The Kier molecular flexibility index (Phi) is 5.88. The Morgan fingerprint density at radius 1 is 1.16 bits per heavy atom. The van der Waals surface area contributed by atoms with Crippen molar-refractivity contribution in [3.05, 3.63) is 60.0 Å². The third kappa shape index (κ3) is 4.05. The number of aromatic nitrogens is 2. The first-order chi connectivity index (χ1) is 18.7. The van der Waals surface area contributed by atoms with Gasteiger partial charge in [-0.2, -0.15) is 0 Å². The molecule has 0 spiro atoms. The summed E-state index contributed by atoms with van der Waals surface area (Å²) in [6, 6.07) is 15.9. The highest BCUT2D eigenvalue weighted by Crippen LogP contribution is 2.44. The Bertz CT molecular complexity index is 1540. The second kappa shape index (κ2) is 9.54. The number of hydrogen-bond donors (Lipinski definition) is 4. The zero-order chi connectivity index (χ0) is 25.6. The number of H-pyrrole nitrogens is 1. The lowest BCUT2D eigenvalue weighted by molar-refractivity contribution is 0.303. The number of nitrogens with one attached hydrogen (secondary N) is 4. The molecule has 4 N–H and O–H groups in total. The molecule has 1 aromatic heterocycles. The van der Waals surface area contributed by atoms with Crippen molar-refractivity contribution in [3.63, 3.8) is 0 Å². The number of imidazole rings is 1. The molecule has 8 heteroatoms. The molecular formula is C30H33N7O. The third-order valence-corrected chi connectivity index (χ3v) is 8.09. The number of ether oxygens (including phenoxy) is 1. The van der Waals surface area contributed by atoms with Crippen LogP contribution in [-0.4, -0.2) is 61.0 Å². The first kappa shape index (κ1) is 23.4. The van der Waals surface area contributed by atoms with Crippen LogP contribution in [0.5, 0.6) is 5.75 Å². The zero-order valence-electron chi connectivity index (χ0n) is 21.8. The predicted octanol–water partition coefficient (Wildman–Crippen LogP) is 4.82. The molecule has 0 bridgehead atoms. The minimum Gasteiger partial charge on any atom is -0.488 e. The Morgan fingerprint density at radius 2 is 2.11 bits per heavy atom. The smallest absolute Gasteiger partial charge is 0.128 e. The number of aliphatic imine (C=N–C) groups is 1. The minimum absolute atomic E-state index is 0.302.